The van der Waals surface area contributed by atoms with Crippen LogP contribution in [0.3, 0.4) is 0 Å². The maximum absolute atomic E-state index is 11.8. The number of ether oxygens (including phenoxy) is 2. The molecule has 0 aromatic heterocycles. The van der Waals surface area contributed by atoms with Crippen molar-refractivity contribution in [1.29, 1.82) is 0 Å². The smallest absolute Gasteiger partial charge is 0.338 e. The van der Waals surface area contributed by atoms with Gasteiger partial charge in [-0.15, -0.1) is 0 Å². The molecule has 3 heteroatoms. The number of hydrogen-bond acceptors (Lipinski definition) is 3. The highest BCUT2D eigenvalue weighted by Gasteiger charge is 2.13. The van der Waals surface area contributed by atoms with Crippen molar-refractivity contribution in [2.24, 2.45) is 0 Å². The molecule has 17 heavy (non-hydrogen) atoms. The summed E-state index contributed by atoms with van der Waals surface area (Å²) in [4.78, 5) is 11.8. The summed E-state index contributed by atoms with van der Waals surface area (Å²) >= 11 is 0. The summed E-state index contributed by atoms with van der Waals surface area (Å²) in [6, 6.07) is 11.2. The second kappa shape index (κ2) is 4.87. The molecule has 2 aromatic carbocycles. The van der Waals surface area contributed by atoms with Crippen LogP contribution < -0.4 is 4.74 Å². The Morgan fingerprint density at radius 1 is 1.18 bits per heavy atom. The molecule has 0 saturated heterocycles. The summed E-state index contributed by atoms with van der Waals surface area (Å²) in [5, 5.41) is 1.77. The molecule has 88 valence electrons. The number of benzene rings is 2. The summed E-state index contributed by atoms with van der Waals surface area (Å²) in [5.41, 5.74) is 0.543. The van der Waals surface area contributed by atoms with E-state index in [0.717, 1.165) is 10.8 Å². The average Bonchev–Trinajstić information content (AvgIpc) is 2.37. The Morgan fingerprint density at radius 2 is 1.88 bits per heavy atom. The molecule has 0 N–H and O–H groups in total. The van der Waals surface area contributed by atoms with E-state index in [0.29, 0.717) is 17.9 Å². The third kappa shape index (κ3) is 2.09. The number of fused-ring (bicyclic) bond motifs is 1. The Bertz CT molecular complexity index is 541. The molecule has 0 bridgehead atoms. The van der Waals surface area contributed by atoms with Crippen molar-refractivity contribution in [3.8, 4) is 5.75 Å². The third-order valence-corrected chi connectivity index (χ3v) is 2.58. The molecule has 0 heterocycles. The predicted molar refractivity (Wildman–Crippen MR) is 66.5 cm³/mol. The number of rotatable bonds is 3. The normalized spacial score (nSPS) is 10.2. The molecule has 0 aliphatic carbocycles. The van der Waals surface area contributed by atoms with Crippen LogP contribution in [0.2, 0.25) is 0 Å². The van der Waals surface area contributed by atoms with Gasteiger partial charge in [0.15, 0.2) is 0 Å². The zero-order valence-electron chi connectivity index (χ0n) is 9.90. The van der Waals surface area contributed by atoms with Crippen LogP contribution in [-0.4, -0.2) is 19.7 Å². The molecule has 3 nitrogen and oxygen atoms in total. The highest BCUT2D eigenvalue weighted by atomic mass is 16.5. The summed E-state index contributed by atoms with van der Waals surface area (Å²) in [5.74, 6) is 0.369. The van der Waals surface area contributed by atoms with Gasteiger partial charge in [0.2, 0.25) is 0 Å². The van der Waals surface area contributed by atoms with Crippen LogP contribution in [-0.2, 0) is 4.74 Å². The van der Waals surface area contributed by atoms with Crippen molar-refractivity contribution < 1.29 is 14.3 Å². The van der Waals surface area contributed by atoms with Crippen LogP contribution in [0.5, 0.6) is 5.75 Å². The van der Waals surface area contributed by atoms with E-state index in [2.05, 4.69) is 0 Å². The van der Waals surface area contributed by atoms with Gasteiger partial charge in [0, 0.05) is 5.39 Å². The van der Waals surface area contributed by atoms with Crippen molar-refractivity contribution in [2.75, 3.05) is 13.7 Å². The van der Waals surface area contributed by atoms with Crippen LogP contribution in [0.25, 0.3) is 10.8 Å². The van der Waals surface area contributed by atoms with Crippen LogP contribution in [0.15, 0.2) is 36.4 Å². The van der Waals surface area contributed by atoms with E-state index >= 15 is 0 Å². The van der Waals surface area contributed by atoms with Gasteiger partial charge < -0.3 is 9.47 Å². The van der Waals surface area contributed by atoms with E-state index in [1.165, 1.54) is 0 Å². The average molecular weight is 230 g/mol. The highest BCUT2D eigenvalue weighted by molar-refractivity contribution is 6.07. The summed E-state index contributed by atoms with van der Waals surface area (Å²) in [7, 11) is 1.59. The van der Waals surface area contributed by atoms with Crippen LogP contribution in [0.4, 0.5) is 0 Å². The standard InChI is InChI=1S/C14H14O3/c1-3-17-14(15)11-8-4-6-10-7-5-9-12(16-2)13(10)11/h4-9H,3H2,1-2H3. The number of methoxy groups -OCH3 is 1. The molecular formula is C14H14O3. The van der Waals surface area contributed by atoms with E-state index in [1.54, 1.807) is 20.1 Å². The molecule has 0 saturated carbocycles. The van der Waals surface area contributed by atoms with Gasteiger partial charge in [-0.05, 0) is 24.4 Å². The Hall–Kier alpha value is -2.03. The summed E-state index contributed by atoms with van der Waals surface area (Å²) < 4.78 is 10.3. The Balaban J connectivity index is 2.66. The first kappa shape index (κ1) is 11.5. The second-order valence-electron chi connectivity index (χ2n) is 3.58. The van der Waals surface area contributed by atoms with Gasteiger partial charge in [0.1, 0.15) is 5.75 Å². The lowest BCUT2D eigenvalue weighted by Crippen LogP contribution is -2.05. The van der Waals surface area contributed by atoms with E-state index in [-0.39, 0.29) is 5.97 Å². The molecule has 0 spiro atoms. The predicted octanol–water partition coefficient (Wildman–Crippen LogP) is 3.03. The first-order chi connectivity index (χ1) is 8.27. The molecule has 0 amide bonds. The minimum Gasteiger partial charge on any atom is -0.496 e. The van der Waals surface area contributed by atoms with Crippen molar-refractivity contribution in [2.45, 2.75) is 6.92 Å². The Morgan fingerprint density at radius 3 is 2.53 bits per heavy atom. The van der Waals surface area contributed by atoms with E-state index in [4.69, 9.17) is 9.47 Å². The number of hydrogen-bond donors (Lipinski definition) is 0. The van der Waals surface area contributed by atoms with E-state index in [1.807, 2.05) is 30.3 Å². The minimum absolute atomic E-state index is 0.317. The van der Waals surface area contributed by atoms with Crippen LogP contribution in [0.1, 0.15) is 17.3 Å². The lowest BCUT2D eigenvalue weighted by molar-refractivity contribution is 0.0528. The van der Waals surface area contributed by atoms with Crippen molar-refractivity contribution in [3.05, 3.63) is 42.0 Å². The lowest BCUT2D eigenvalue weighted by atomic mass is 10.0. The van der Waals surface area contributed by atoms with Gasteiger partial charge in [0.05, 0.1) is 19.3 Å². The summed E-state index contributed by atoms with van der Waals surface area (Å²) in [6.45, 7) is 2.16. The third-order valence-electron chi connectivity index (χ3n) is 2.58. The second-order valence-corrected chi connectivity index (χ2v) is 3.58. The fourth-order valence-electron chi connectivity index (χ4n) is 1.86. The SMILES string of the molecule is CCOC(=O)c1cccc2cccc(OC)c12. The topological polar surface area (TPSA) is 35.5 Å². The van der Waals surface area contributed by atoms with Crippen LogP contribution in [0, 0.1) is 0 Å². The van der Waals surface area contributed by atoms with Gasteiger partial charge in [-0.25, -0.2) is 4.79 Å². The van der Waals surface area contributed by atoms with Gasteiger partial charge in [-0.1, -0.05) is 24.3 Å². The maximum atomic E-state index is 11.8. The molecule has 2 aromatic rings. The number of carbonyl (C=O) groups excluding carboxylic acids is 1. The zero-order chi connectivity index (χ0) is 12.3. The quantitative estimate of drug-likeness (QED) is 0.760. The molecule has 0 aliphatic rings. The summed E-state index contributed by atoms with van der Waals surface area (Å²) in [6.07, 6.45) is 0. The Labute approximate surface area is 100.0 Å². The molecule has 0 aliphatic heterocycles. The first-order valence-corrected chi connectivity index (χ1v) is 5.50. The Kier molecular flexibility index (Phi) is 3.28. The molecule has 0 atom stereocenters. The van der Waals surface area contributed by atoms with Crippen molar-refractivity contribution >= 4 is 16.7 Å². The maximum Gasteiger partial charge on any atom is 0.338 e. The first-order valence-electron chi connectivity index (χ1n) is 5.50. The van der Waals surface area contributed by atoms with E-state index < -0.39 is 0 Å². The number of esters is 1. The molecule has 0 fully saturated rings. The molecule has 2 rings (SSSR count). The zero-order valence-corrected chi connectivity index (χ0v) is 9.90. The highest BCUT2D eigenvalue weighted by Crippen LogP contribution is 2.29. The minimum atomic E-state index is -0.317. The van der Waals surface area contributed by atoms with Gasteiger partial charge >= 0.3 is 5.97 Å². The number of carbonyl (C=O) groups is 1. The van der Waals surface area contributed by atoms with E-state index in [9.17, 15) is 4.79 Å². The molecule has 0 unspecified atom stereocenters. The van der Waals surface area contributed by atoms with Crippen molar-refractivity contribution in [3.63, 3.8) is 0 Å². The molecular weight excluding hydrogens is 216 g/mol. The molecule has 0 radical (unpaired) electrons. The fraction of sp³-hybridized carbons (Fsp3) is 0.214. The monoisotopic (exact) mass is 230 g/mol. The lowest BCUT2D eigenvalue weighted by Gasteiger charge is -2.09. The van der Waals surface area contributed by atoms with Gasteiger partial charge in [-0.3, -0.25) is 0 Å². The van der Waals surface area contributed by atoms with Gasteiger partial charge in [-0.2, -0.15) is 0 Å². The van der Waals surface area contributed by atoms with Crippen molar-refractivity contribution in [1.82, 2.24) is 0 Å². The fourth-order valence-corrected chi connectivity index (χ4v) is 1.86. The largest absolute Gasteiger partial charge is 0.496 e. The van der Waals surface area contributed by atoms with Crippen LogP contribution >= 0.6 is 0 Å². The van der Waals surface area contributed by atoms with Gasteiger partial charge in [0.25, 0.3) is 0 Å².